The molecule has 1 aliphatic rings. The van der Waals surface area contributed by atoms with Crippen molar-refractivity contribution in [2.24, 2.45) is 0 Å². The molecule has 0 saturated carbocycles. The summed E-state index contributed by atoms with van der Waals surface area (Å²) in [6, 6.07) is 1.91. The zero-order chi connectivity index (χ0) is 12.8. The van der Waals surface area contributed by atoms with Gasteiger partial charge in [0.2, 0.25) is 0 Å². The summed E-state index contributed by atoms with van der Waals surface area (Å²) in [7, 11) is -0.417. The van der Waals surface area contributed by atoms with Gasteiger partial charge in [0.05, 0.1) is 22.5 Å². The maximum Gasteiger partial charge on any atom is 0.514 e. The van der Waals surface area contributed by atoms with Crippen molar-refractivity contribution >= 4 is 18.4 Å². The summed E-state index contributed by atoms with van der Waals surface area (Å²) >= 11 is 0. The quantitative estimate of drug-likeness (QED) is 0.743. The molecule has 1 fully saturated rings. The minimum Gasteiger partial charge on any atom is -0.398 e. The average Bonchev–Trinajstić information content (AvgIpc) is 2.41. The molecule has 0 atom stereocenters. The molecule has 1 aromatic rings. The van der Waals surface area contributed by atoms with Crippen molar-refractivity contribution in [3.63, 3.8) is 0 Å². The Labute approximate surface area is 103 Å². The van der Waals surface area contributed by atoms with E-state index in [9.17, 15) is 0 Å². The molecule has 2 heterocycles. The first-order chi connectivity index (χ1) is 7.73. The summed E-state index contributed by atoms with van der Waals surface area (Å²) < 4.78 is 11.8. The monoisotopic (exact) mass is 234 g/mol. The van der Waals surface area contributed by atoms with Gasteiger partial charge in [-0.25, -0.2) is 0 Å². The van der Waals surface area contributed by atoms with Crippen LogP contribution in [-0.4, -0.2) is 23.3 Å². The summed E-state index contributed by atoms with van der Waals surface area (Å²) in [4.78, 5) is 4.28. The van der Waals surface area contributed by atoms with Crippen molar-refractivity contribution in [1.29, 1.82) is 0 Å². The van der Waals surface area contributed by atoms with Gasteiger partial charge in [-0.15, -0.1) is 0 Å². The van der Waals surface area contributed by atoms with E-state index in [1.807, 2.05) is 40.7 Å². The van der Waals surface area contributed by atoms with E-state index in [1.54, 1.807) is 6.20 Å². The number of nitrogen functional groups attached to an aromatic ring is 1. The van der Waals surface area contributed by atoms with Crippen LogP contribution in [0.25, 0.3) is 0 Å². The SMILES string of the molecule is Cc1cc(B2OC(C)(C)C(C)(C)O2)ncc1N. The highest BCUT2D eigenvalue weighted by atomic mass is 16.7. The number of nitrogens with zero attached hydrogens (tertiary/aromatic N) is 1. The fourth-order valence-corrected chi connectivity index (χ4v) is 1.68. The molecule has 0 spiro atoms. The average molecular weight is 234 g/mol. The summed E-state index contributed by atoms with van der Waals surface area (Å²) in [6.45, 7) is 10.0. The lowest BCUT2D eigenvalue weighted by Gasteiger charge is -2.32. The molecule has 4 nitrogen and oxygen atoms in total. The molecule has 1 aliphatic heterocycles. The standard InChI is InChI=1S/C12H19BN2O2/c1-8-6-10(15-7-9(8)14)13-16-11(2,3)12(4,5)17-13/h6-7H,14H2,1-5H3. The Morgan fingerprint density at radius 3 is 2.18 bits per heavy atom. The number of aromatic nitrogens is 1. The van der Waals surface area contributed by atoms with E-state index in [2.05, 4.69) is 4.98 Å². The fourth-order valence-electron chi connectivity index (χ4n) is 1.68. The summed E-state index contributed by atoms with van der Waals surface area (Å²) in [6.07, 6.45) is 1.65. The van der Waals surface area contributed by atoms with Crippen molar-refractivity contribution in [2.45, 2.75) is 45.8 Å². The van der Waals surface area contributed by atoms with Crippen LogP contribution in [0.3, 0.4) is 0 Å². The van der Waals surface area contributed by atoms with Gasteiger partial charge in [-0.05, 0) is 46.2 Å². The van der Waals surface area contributed by atoms with E-state index in [-0.39, 0.29) is 11.2 Å². The third-order valence-corrected chi connectivity index (χ3v) is 3.67. The molecule has 0 unspecified atom stereocenters. The third-order valence-electron chi connectivity index (χ3n) is 3.67. The van der Waals surface area contributed by atoms with Gasteiger partial charge in [0.15, 0.2) is 0 Å². The number of aryl methyl sites for hydroxylation is 1. The predicted octanol–water partition coefficient (Wildman–Crippen LogP) is 1.27. The molecular weight excluding hydrogens is 215 g/mol. The molecule has 92 valence electrons. The molecule has 0 aliphatic carbocycles. The highest BCUT2D eigenvalue weighted by Gasteiger charge is 2.52. The highest BCUT2D eigenvalue weighted by molar-refractivity contribution is 6.61. The number of anilines is 1. The number of pyridine rings is 1. The zero-order valence-electron chi connectivity index (χ0n) is 11.1. The van der Waals surface area contributed by atoms with Gasteiger partial charge in [0.1, 0.15) is 0 Å². The van der Waals surface area contributed by atoms with Crippen LogP contribution in [0, 0.1) is 6.92 Å². The van der Waals surface area contributed by atoms with Crippen molar-refractivity contribution in [3.8, 4) is 0 Å². The van der Waals surface area contributed by atoms with Crippen LogP contribution in [0.5, 0.6) is 0 Å². The van der Waals surface area contributed by atoms with Gasteiger partial charge in [0.25, 0.3) is 0 Å². The largest absolute Gasteiger partial charge is 0.514 e. The maximum absolute atomic E-state index is 5.92. The molecule has 17 heavy (non-hydrogen) atoms. The number of rotatable bonds is 1. The van der Waals surface area contributed by atoms with Gasteiger partial charge in [-0.2, -0.15) is 0 Å². The lowest BCUT2D eigenvalue weighted by Crippen LogP contribution is -2.41. The Bertz CT molecular complexity index is 430. The first kappa shape index (κ1) is 12.4. The van der Waals surface area contributed by atoms with E-state index in [1.165, 1.54) is 0 Å². The summed E-state index contributed by atoms with van der Waals surface area (Å²) in [5.41, 5.74) is 7.52. The van der Waals surface area contributed by atoms with Crippen LogP contribution in [0.1, 0.15) is 33.3 Å². The van der Waals surface area contributed by atoms with Crippen LogP contribution >= 0.6 is 0 Å². The Hall–Kier alpha value is -1.07. The topological polar surface area (TPSA) is 57.4 Å². The Morgan fingerprint density at radius 1 is 1.18 bits per heavy atom. The third kappa shape index (κ3) is 2.05. The van der Waals surface area contributed by atoms with Gasteiger partial charge < -0.3 is 15.0 Å². The lowest BCUT2D eigenvalue weighted by molar-refractivity contribution is 0.00578. The van der Waals surface area contributed by atoms with E-state index < -0.39 is 7.12 Å². The number of nitrogens with two attached hydrogens (primary N) is 1. The Kier molecular flexibility index (Phi) is 2.71. The number of hydrogen-bond donors (Lipinski definition) is 1. The van der Waals surface area contributed by atoms with E-state index >= 15 is 0 Å². The Morgan fingerprint density at radius 2 is 1.71 bits per heavy atom. The number of hydrogen-bond acceptors (Lipinski definition) is 4. The van der Waals surface area contributed by atoms with Crippen molar-refractivity contribution < 1.29 is 9.31 Å². The molecule has 2 N–H and O–H groups in total. The van der Waals surface area contributed by atoms with Gasteiger partial charge in [0, 0.05) is 6.20 Å². The van der Waals surface area contributed by atoms with Gasteiger partial charge in [-0.1, -0.05) is 0 Å². The van der Waals surface area contributed by atoms with E-state index in [4.69, 9.17) is 15.0 Å². The molecule has 5 heteroatoms. The molecular formula is C12H19BN2O2. The minimum absolute atomic E-state index is 0.339. The Balaban J connectivity index is 2.29. The minimum atomic E-state index is -0.417. The fraction of sp³-hybridized carbons (Fsp3) is 0.583. The van der Waals surface area contributed by atoms with Gasteiger partial charge >= 0.3 is 7.12 Å². The smallest absolute Gasteiger partial charge is 0.398 e. The van der Waals surface area contributed by atoms with E-state index in [0.717, 1.165) is 11.2 Å². The molecule has 0 amide bonds. The van der Waals surface area contributed by atoms with Crippen LogP contribution in [0.15, 0.2) is 12.3 Å². The van der Waals surface area contributed by atoms with Gasteiger partial charge in [-0.3, -0.25) is 4.98 Å². The zero-order valence-corrected chi connectivity index (χ0v) is 11.1. The van der Waals surface area contributed by atoms with Crippen LogP contribution in [0.4, 0.5) is 5.69 Å². The van der Waals surface area contributed by atoms with Crippen LogP contribution in [0.2, 0.25) is 0 Å². The molecule has 0 aromatic carbocycles. The van der Waals surface area contributed by atoms with Crippen molar-refractivity contribution in [3.05, 3.63) is 17.8 Å². The van der Waals surface area contributed by atoms with Crippen molar-refractivity contribution in [1.82, 2.24) is 4.98 Å². The van der Waals surface area contributed by atoms with Crippen LogP contribution in [-0.2, 0) is 9.31 Å². The van der Waals surface area contributed by atoms with E-state index in [0.29, 0.717) is 5.69 Å². The molecule has 1 saturated heterocycles. The molecule has 0 bridgehead atoms. The second-order valence-electron chi connectivity index (χ2n) is 5.55. The normalized spacial score (nSPS) is 21.8. The summed E-state index contributed by atoms with van der Waals surface area (Å²) in [5, 5.41) is 0. The van der Waals surface area contributed by atoms with Crippen molar-refractivity contribution in [2.75, 3.05) is 5.73 Å². The second kappa shape index (κ2) is 3.72. The van der Waals surface area contributed by atoms with Crippen LogP contribution < -0.4 is 11.3 Å². The molecule has 0 radical (unpaired) electrons. The summed E-state index contributed by atoms with van der Waals surface area (Å²) in [5.74, 6) is 0. The first-order valence-electron chi connectivity index (χ1n) is 5.80. The second-order valence-corrected chi connectivity index (χ2v) is 5.55. The first-order valence-corrected chi connectivity index (χ1v) is 5.80. The maximum atomic E-state index is 5.92. The molecule has 1 aromatic heterocycles. The highest BCUT2D eigenvalue weighted by Crippen LogP contribution is 2.36. The molecule has 2 rings (SSSR count). The lowest BCUT2D eigenvalue weighted by atomic mass is 9.83. The predicted molar refractivity (Wildman–Crippen MR) is 69.1 cm³/mol.